The van der Waals surface area contributed by atoms with Crippen LogP contribution in [0.2, 0.25) is 0 Å². The minimum atomic E-state index is -0.694. The summed E-state index contributed by atoms with van der Waals surface area (Å²) in [5.41, 5.74) is 1.45. The van der Waals surface area contributed by atoms with E-state index in [0.29, 0.717) is 25.1 Å². The Morgan fingerprint density at radius 1 is 1.41 bits per heavy atom. The molecule has 6 nitrogen and oxygen atoms in total. The zero-order chi connectivity index (χ0) is 12.3. The molecule has 1 heterocycles. The maximum absolute atomic E-state index is 10.8. The largest absolute Gasteiger partial charge is 0.481 e. The van der Waals surface area contributed by atoms with E-state index >= 15 is 0 Å². The molecule has 1 saturated carbocycles. The van der Waals surface area contributed by atoms with Crippen LogP contribution in [-0.2, 0) is 16.1 Å². The summed E-state index contributed by atoms with van der Waals surface area (Å²) in [7, 11) is 0. The lowest BCUT2D eigenvalue weighted by Crippen LogP contribution is -2.26. The van der Waals surface area contributed by atoms with Gasteiger partial charge in [0, 0.05) is 0 Å². The van der Waals surface area contributed by atoms with Gasteiger partial charge in [-0.3, -0.25) is 4.79 Å². The monoisotopic (exact) mass is 240 g/mol. The first kappa shape index (κ1) is 12.0. The molecule has 0 aromatic carbocycles. The molecule has 1 aliphatic rings. The van der Waals surface area contributed by atoms with Crippen LogP contribution in [0.3, 0.4) is 0 Å². The fraction of sp³-hybridized carbons (Fsp3) is 0.727. The van der Waals surface area contributed by atoms with Gasteiger partial charge in [0.05, 0.1) is 18.6 Å². The predicted octanol–water partition coefficient (Wildman–Crippen LogP) is 1.54. The molecule has 0 atom stereocenters. The van der Waals surface area contributed by atoms with Crippen molar-refractivity contribution in [3.63, 3.8) is 0 Å². The van der Waals surface area contributed by atoms with Crippen molar-refractivity contribution in [2.75, 3.05) is 0 Å². The maximum atomic E-state index is 10.8. The summed E-state index contributed by atoms with van der Waals surface area (Å²) in [5, 5.41) is 16.3. The van der Waals surface area contributed by atoms with Crippen LogP contribution >= 0.6 is 0 Å². The van der Waals surface area contributed by atoms with E-state index in [2.05, 4.69) is 14.9 Å². The number of nitrogens with zero attached hydrogens (tertiary/aromatic N) is 2. The molecule has 0 bridgehead atoms. The van der Waals surface area contributed by atoms with E-state index in [-0.39, 0.29) is 12.0 Å². The number of carboxylic acids is 1. The van der Waals surface area contributed by atoms with E-state index in [0.717, 1.165) is 18.5 Å². The first-order valence-electron chi connectivity index (χ1n) is 5.79. The van der Waals surface area contributed by atoms with Gasteiger partial charge in [-0.15, -0.1) is 0 Å². The van der Waals surface area contributed by atoms with Gasteiger partial charge in [-0.1, -0.05) is 10.3 Å². The lowest BCUT2D eigenvalue weighted by Gasteiger charge is -2.25. The molecule has 0 amide bonds. The average Bonchev–Trinajstić information content (AvgIpc) is 2.73. The molecule has 2 rings (SSSR count). The van der Waals surface area contributed by atoms with Crippen LogP contribution in [0.4, 0.5) is 0 Å². The third-order valence-electron chi connectivity index (χ3n) is 3.23. The molecule has 94 valence electrons. The van der Waals surface area contributed by atoms with Crippen molar-refractivity contribution in [1.82, 2.24) is 10.3 Å². The van der Waals surface area contributed by atoms with E-state index < -0.39 is 5.97 Å². The first-order valence-corrected chi connectivity index (χ1v) is 5.79. The smallest absolute Gasteiger partial charge is 0.306 e. The Hall–Kier alpha value is -1.43. The first-order chi connectivity index (χ1) is 8.16. The van der Waals surface area contributed by atoms with Gasteiger partial charge in [-0.05, 0) is 32.6 Å². The molecule has 0 spiro atoms. The number of hydrogen-bond donors (Lipinski definition) is 1. The summed E-state index contributed by atoms with van der Waals surface area (Å²) in [6, 6.07) is 0. The van der Waals surface area contributed by atoms with Crippen molar-refractivity contribution >= 4 is 5.97 Å². The number of rotatable bonds is 4. The lowest BCUT2D eigenvalue weighted by molar-refractivity contribution is -0.143. The van der Waals surface area contributed by atoms with Crippen LogP contribution in [-0.4, -0.2) is 27.5 Å². The molecule has 0 unspecified atom stereocenters. The molecule has 0 saturated heterocycles. The van der Waals surface area contributed by atoms with Crippen LogP contribution in [0, 0.1) is 12.8 Å². The standard InChI is InChI=1S/C11H16N2O4/c1-7-10(13-17-12-7)6-16-9-4-2-8(3-5-9)11(14)15/h8-9H,2-6H2,1H3,(H,14,15). The summed E-state index contributed by atoms with van der Waals surface area (Å²) < 4.78 is 10.3. The SMILES string of the molecule is Cc1nonc1COC1CCC(C(=O)O)CC1. The van der Waals surface area contributed by atoms with Crippen LogP contribution < -0.4 is 0 Å². The fourth-order valence-corrected chi connectivity index (χ4v) is 2.05. The van der Waals surface area contributed by atoms with Gasteiger partial charge < -0.3 is 9.84 Å². The molecule has 1 aromatic rings. The second-order valence-electron chi connectivity index (χ2n) is 4.42. The van der Waals surface area contributed by atoms with E-state index in [1.807, 2.05) is 6.92 Å². The molecule has 1 N–H and O–H groups in total. The zero-order valence-electron chi connectivity index (χ0n) is 9.76. The summed E-state index contributed by atoms with van der Waals surface area (Å²) in [5.74, 6) is -0.898. The molecule has 0 aliphatic heterocycles. The highest BCUT2D eigenvalue weighted by molar-refractivity contribution is 5.70. The van der Waals surface area contributed by atoms with Gasteiger partial charge in [-0.2, -0.15) is 0 Å². The maximum Gasteiger partial charge on any atom is 0.306 e. The van der Waals surface area contributed by atoms with Crippen molar-refractivity contribution < 1.29 is 19.3 Å². The Kier molecular flexibility index (Phi) is 3.73. The molecule has 1 aliphatic carbocycles. The quantitative estimate of drug-likeness (QED) is 0.859. The van der Waals surface area contributed by atoms with E-state index in [1.54, 1.807) is 0 Å². The highest BCUT2D eigenvalue weighted by Crippen LogP contribution is 2.26. The number of carboxylic acid groups (broad SMARTS) is 1. The summed E-state index contributed by atoms with van der Waals surface area (Å²) in [6.45, 7) is 2.20. The zero-order valence-corrected chi connectivity index (χ0v) is 9.76. The molecule has 6 heteroatoms. The fourth-order valence-electron chi connectivity index (χ4n) is 2.05. The highest BCUT2D eigenvalue weighted by atomic mass is 16.6. The number of aromatic nitrogens is 2. The van der Waals surface area contributed by atoms with Crippen molar-refractivity contribution in [2.24, 2.45) is 5.92 Å². The predicted molar refractivity (Wildman–Crippen MR) is 57.2 cm³/mol. The Morgan fingerprint density at radius 3 is 2.65 bits per heavy atom. The van der Waals surface area contributed by atoms with Crippen molar-refractivity contribution in [3.8, 4) is 0 Å². The molecule has 1 fully saturated rings. The van der Waals surface area contributed by atoms with Crippen LogP contribution in [0.1, 0.15) is 37.1 Å². The van der Waals surface area contributed by atoms with Gasteiger partial charge in [-0.25, -0.2) is 4.63 Å². The molecular formula is C11H16N2O4. The molecule has 1 aromatic heterocycles. The van der Waals surface area contributed by atoms with Gasteiger partial charge in [0.15, 0.2) is 0 Å². The Bertz CT molecular complexity index is 383. The number of hydrogen-bond acceptors (Lipinski definition) is 5. The van der Waals surface area contributed by atoms with Crippen molar-refractivity contribution in [3.05, 3.63) is 11.4 Å². The third kappa shape index (κ3) is 3.03. The summed E-state index contributed by atoms with van der Waals surface area (Å²) in [6.07, 6.45) is 3.09. The van der Waals surface area contributed by atoms with E-state index in [9.17, 15) is 4.79 Å². The number of carbonyl (C=O) groups is 1. The van der Waals surface area contributed by atoms with Crippen LogP contribution in [0.5, 0.6) is 0 Å². The highest BCUT2D eigenvalue weighted by Gasteiger charge is 2.26. The Morgan fingerprint density at radius 2 is 2.12 bits per heavy atom. The number of aliphatic carboxylic acids is 1. The van der Waals surface area contributed by atoms with Crippen molar-refractivity contribution in [2.45, 2.75) is 45.3 Å². The Balaban J connectivity index is 1.75. The van der Waals surface area contributed by atoms with Gasteiger partial charge >= 0.3 is 5.97 Å². The molecular weight excluding hydrogens is 224 g/mol. The molecule has 0 radical (unpaired) electrons. The lowest BCUT2D eigenvalue weighted by atomic mass is 9.87. The topological polar surface area (TPSA) is 85.5 Å². The van der Waals surface area contributed by atoms with Crippen LogP contribution in [0.25, 0.3) is 0 Å². The van der Waals surface area contributed by atoms with E-state index in [1.165, 1.54) is 0 Å². The Labute approximate surface area is 98.9 Å². The minimum absolute atomic E-state index is 0.127. The second-order valence-corrected chi connectivity index (χ2v) is 4.42. The number of ether oxygens (including phenoxy) is 1. The summed E-state index contributed by atoms with van der Waals surface area (Å²) >= 11 is 0. The van der Waals surface area contributed by atoms with Gasteiger partial charge in [0.1, 0.15) is 11.4 Å². The van der Waals surface area contributed by atoms with Crippen molar-refractivity contribution in [1.29, 1.82) is 0 Å². The number of aryl methyl sites for hydroxylation is 1. The van der Waals surface area contributed by atoms with Gasteiger partial charge in [0.2, 0.25) is 0 Å². The normalized spacial score (nSPS) is 24.8. The van der Waals surface area contributed by atoms with E-state index in [4.69, 9.17) is 9.84 Å². The van der Waals surface area contributed by atoms with Crippen LogP contribution in [0.15, 0.2) is 4.63 Å². The van der Waals surface area contributed by atoms with Gasteiger partial charge in [0.25, 0.3) is 0 Å². The second kappa shape index (κ2) is 5.27. The minimum Gasteiger partial charge on any atom is -0.481 e. The third-order valence-corrected chi connectivity index (χ3v) is 3.23. The average molecular weight is 240 g/mol. The molecule has 17 heavy (non-hydrogen) atoms. The summed E-state index contributed by atoms with van der Waals surface area (Å²) in [4.78, 5) is 10.8.